The van der Waals surface area contributed by atoms with E-state index >= 15 is 0 Å². The fourth-order valence-corrected chi connectivity index (χ4v) is 6.99. The molecule has 0 saturated carbocycles. The van der Waals surface area contributed by atoms with Crippen LogP contribution in [0.4, 0.5) is 0 Å². The van der Waals surface area contributed by atoms with Crippen LogP contribution in [0.5, 0.6) is 46.0 Å². The van der Waals surface area contributed by atoms with Gasteiger partial charge >= 0.3 is 0 Å². The molecule has 228 valence electrons. The van der Waals surface area contributed by atoms with Gasteiger partial charge in [0.25, 0.3) is 0 Å². The second-order valence-corrected chi connectivity index (χ2v) is 12.1. The monoisotopic (exact) mass is 594 g/mol. The Bertz CT molecular complexity index is 1740. The maximum atomic E-state index is 11.6. The third kappa shape index (κ3) is 4.98. The zero-order valence-corrected chi connectivity index (χ0v) is 25.6. The van der Waals surface area contributed by atoms with Gasteiger partial charge in [0.05, 0.1) is 14.2 Å². The Morgan fingerprint density at radius 2 is 1.43 bits per heavy atom. The first kappa shape index (κ1) is 28.4. The van der Waals surface area contributed by atoms with Gasteiger partial charge in [0.2, 0.25) is 5.75 Å². The van der Waals surface area contributed by atoms with Crippen LogP contribution >= 0.6 is 0 Å². The fraction of sp³-hybridized carbons (Fsp3) is 0.333. The van der Waals surface area contributed by atoms with Crippen molar-refractivity contribution in [1.29, 1.82) is 0 Å². The van der Waals surface area contributed by atoms with Crippen molar-refractivity contribution in [1.82, 2.24) is 9.80 Å². The zero-order chi connectivity index (χ0) is 30.5. The molecule has 0 aromatic heterocycles. The van der Waals surface area contributed by atoms with Crippen molar-refractivity contribution in [2.75, 3.05) is 41.4 Å². The van der Waals surface area contributed by atoms with Crippen LogP contribution in [0.25, 0.3) is 0 Å². The first-order chi connectivity index (χ1) is 21.3. The number of ether oxygens (including phenoxy) is 4. The number of hydrogen-bond donors (Lipinski definition) is 2. The smallest absolute Gasteiger partial charge is 0.201 e. The summed E-state index contributed by atoms with van der Waals surface area (Å²) in [6.07, 6.45) is 3.01. The van der Waals surface area contributed by atoms with Crippen LogP contribution < -0.4 is 18.9 Å². The SMILES string of the molecule is COc1cc2c3cc1Oc1c(O)c(OC)cc4c1[C@H](Cc1ccc(c(O)c1)Oc1cccc(c1)C[C@@H]3N(C)CC2)N(C)CC4. The topological polar surface area (TPSA) is 83.9 Å². The number of hydrogen-bond acceptors (Lipinski definition) is 8. The van der Waals surface area contributed by atoms with Gasteiger partial charge in [-0.2, -0.15) is 0 Å². The van der Waals surface area contributed by atoms with Gasteiger partial charge in [0.15, 0.2) is 34.5 Å². The van der Waals surface area contributed by atoms with Crippen molar-refractivity contribution in [2.45, 2.75) is 37.8 Å². The molecule has 4 aliphatic heterocycles. The van der Waals surface area contributed by atoms with Crippen molar-refractivity contribution in [3.8, 4) is 46.0 Å². The Hall–Kier alpha value is -4.40. The second-order valence-electron chi connectivity index (χ2n) is 12.1. The molecule has 2 N–H and O–H groups in total. The molecule has 2 atom stereocenters. The number of phenols is 2. The van der Waals surface area contributed by atoms with Crippen LogP contribution in [0.2, 0.25) is 0 Å². The Labute approximate surface area is 258 Å². The fourth-order valence-electron chi connectivity index (χ4n) is 6.99. The molecular weight excluding hydrogens is 556 g/mol. The standard InChI is InChI=1S/C36H38N2O6/c1-37-12-10-23-18-31(41-3)32-20-26(23)27(37)15-21-6-5-7-25(14-21)43-30-9-8-22(17-29(30)39)16-28-34-24(11-13-38(28)2)19-33(42-4)35(40)36(34)44-32/h5-9,14,17-20,27-28,39-40H,10-13,15-16H2,1-4H3/t27-,28-/m0/s1. The van der Waals surface area contributed by atoms with Gasteiger partial charge in [-0.25, -0.2) is 0 Å². The summed E-state index contributed by atoms with van der Waals surface area (Å²) >= 11 is 0. The van der Waals surface area contributed by atoms with E-state index in [1.165, 1.54) is 11.1 Å². The molecule has 0 amide bonds. The summed E-state index contributed by atoms with van der Waals surface area (Å²) in [7, 11) is 7.44. The van der Waals surface area contributed by atoms with Crippen LogP contribution in [-0.2, 0) is 25.7 Å². The van der Waals surface area contributed by atoms with E-state index in [0.717, 1.165) is 54.6 Å². The van der Waals surface area contributed by atoms with E-state index in [2.05, 4.69) is 42.1 Å². The van der Waals surface area contributed by atoms with Gasteiger partial charge in [0, 0.05) is 30.7 Å². The van der Waals surface area contributed by atoms with Gasteiger partial charge < -0.3 is 29.2 Å². The lowest BCUT2D eigenvalue weighted by Gasteiger charge is -2.37. The number of fused-ring (bicyclic) bond motifs is 2. The highest BCUT2D eigenvalue weighted by atomic mass is 16.5. The van der Waals surface area contributed by atoms with Crippen molar-refractivity contribution in [3.05, 3.63) is 94.0 Å². The third-order valence-corrected chi connectivity index (χ3v) is 9.43. The average molecular weight is 595 g/mol. The lowest BCUT2D eigenvalue weighted by atomic mass is 9.87. The molecule has 6 bridgehead atoms. The first-order valence-electron chi connectivity index (χ1n) is 15.1. The molecule has 4 aliphatic rings. The highest BCUT2D eigenvalue weighted by Gasteiger charge is 2.34. The zero-order valence-electron chi connectivity index (χ0n) is 25.6. The molecule has 8 nitrogen and oxygen atoms in total. The Kier molecular flexibility index (Phi) is 7.26. The van der Waals surface area contributed by atoms with E-state index < -0.39 is 0 Å². The minimum Gasteiger partial charge on any atom is -0.504 e. The van der Waals surface area contributed by atoms with Crippen molar-refractivity contribution < 1.29 is 29.2 Å². The van der Waals surface area contributed by atoms with Crippen molar-refractivity contribution in [3.63, 3.8) is 0 Å². The van der Waals surface area contributed by atoms with E-state index in [4.69, 9.17) is 18.9 Å². The van der Waals surface area contributed by atoms with Crippen LogP contribution in [0, 0.1) is 0 Å². The van der Waals surface area contributed by atoms with E-state index in [9.17, 15) is 10.2 Å². The maximum Gasteiger partial charge on any atom is 0.201 e. The average Bonchev–Trinajstić information content (AvgIpc) is 3.02. The molecule has 0 fully saturated rings. The number of likely N-dealkylation sites (N-methyl/N-ethyl adjacent to an activating group) is 2. The molecule has 44 heavy (non-hydrogen) atoms. The molecular formula is C36H38N2O6. The summed E-state index contributed by atoms with van der Waals surface area (Å²) in [6.45, 7) is 1.74. The largest absolute Gasteiger partial charge is 0.504 e. The number of aromatic hydroxyl groups is 2. The molecule has 0 spiro atoms. The van der Waals surface area contributed by atoms with Crippen molar-refractivity contribution >= 4 is 0 Å². The van der Waals surface area contributed by atoms with E-state index in [-0.39, 0.29) is 23.6 Å². The highest BCUT2D eigenvalue weighted by molar-refractivity contribution is 5.63. The molecule has 0 radical (unpaired) electrons. The lowest BCUT2D eigenvalue weighted by molar-refractivity contribution is 0.220. The molecule has 8 rings (SSSR count). The molecule has 8 heteroatoms. The number of nitrogens with zero attached hydrogens (tertiary/aromatic N) is 2. The number of phenolic OH excluding ortho intramolecular Hbond substituents is 2. The first-order valence-corrected chi connectivity index (χ1v) is 15.1. The number of rotatable bonds is 2. The van der Waals surface area contributed by atoms with Crippen LogP contribution in [0.15, 0.2) is 60.7 Å². The normalized spacial score (nSPS) is 19.6. The summed E-state index contributed by atoms with van der Waals surface area (Å²) < 4.78 is 24.5. The highest BCUT2D eigenvalue weighted by Crippen LogP contribution is 2.51. The molecule has 0 unspecified atom stereocenters. The van der Waals surface area contributed by atoms with Gasteiger partial charge in [-0.05, 0) is 110 Å². The summed E-state index contributed by atoms with van der Waals surface area (Å²) in [5.74, 6) is 3.03. The number of methoxy groups -OCH3 is 2. The van der Waals surface area contributed by atoms with Crippen molar-refractivity contribution in [2.24, 2.45) is 0 Å². The number of benzene rings is 4. The summed E-state index contributed by atoms with van der Waals surface area (Å²) in [4.78, 5) is 4.63. The van der Waals surface area contributed by atoms with Gasteiger partial charge in [-0.15, -0.1) is 0 Å². The molecule has 4 heterocycles. The lowest BCUT2D eigenvalue weighted by Crippen LogP contribution is -2.34. The van der Waals surface area contributed by atoms with Gasteiger partial charge in [-0.3, -0.25) is 9.80 Å². The van der Waals surface area contributed by atoms with Crippen LogP contribution in [0.3, 0.4) is 0 Å². The Morgan fingerprint density at radius 1 is 0.727 bits per heavy atom. The minimum absolute atomic E-state index is 0.0437. The maximum absolute atomic E-state index is 11.6. The van der Waals surface area contributed by atoms with Gasteiger partial charge in [0.1, 0.15) is 5.75 Å². The van der Waals surface area contributed by atoms with E-state index in [1.54, 1.807) is 20.3 Å². The predicted molar refractivity (Wildman–Crippen MR) is 168 cm³/mol. The van der Waals surface area contributed by atoms with Crippen LogP contribution in [0.1, 0.15) is 45.5 Å². The molecule has 0 saturated heterocycles. The molecule has 4 aromatic rings. The summed E-state index contributed by atoms with van der Waals surface area (Å²) in [5.41, 5.74) is 6.41. The van der Waals surface area contributed by atoms with Gasteiger partial charge in [-0.1, -0.05) is 18.2 Å². The van der Waals surface area contributed by atoms with E-state index in [1.807, 2.05) is 36.4 Å². The summed E-state index contributed by atoms with van der Waals surface area (Å²) in [5, 5.41) is 22.6. The second kappa shape index (κ2) is 11.3. The predicted octanol–water partition coefficient (Wildman–Crippen LogP) is 6.56. The quantitative estimate of drug-likeness (QED) is 0.270. The minimum atomic E-state index is -0.130. The Morgan fingerprint density at radius 3 is 2.20 bits per heavy atom. The third-order valence-electron chi connectivity index (χ3n) is 9.43. The van der Waals surface area contributed by atoms with E-state index in [0.29, 0.717) is 40.9 Å². The molecule has 0 aliphatic carbocycles. The Balaban J connectivity index is 1.46. The molecule has 4 aromatic carbocycles. The summed E-state index contributed by atoms with van der Waals surface area (Å²) in [6, 6.07) is 19.7. The van der Waals surface area contributed by atoms with Crippen LogP contribution in [-0.4, -0.2) is 61.4 Å².